The first kappa shape index (κ1) is 23.0. The zero-order valence-electron chi connectivity index (χ0n) is 19.4. The maximum absolute atomic E-state index is 12.6. The zero-order chi connectivity index (χ0) is 24.5. The summed E-state index contributed by atoms with van der Waals surface area (Å²) in [6.07, 6.45) is 6.21. The molecule has 12 heteroatoms. The number of fused-ring (bicyclic) bond motifs is 1. The number of thiophene rings is 1. The lowest BCUT2D eigenvalue weighted by atomic mass is 10.2. The molecule has 0 bridgehead atoms. The second-order valence-electron chi connectivity index (χ2n) is 8.82. The van der Waals surface area contributed by atoms with Gasteiger partial charge in [0.15, 0.2) is 5.65 Å². The van der Waals surface area contributed by atoms with Gasteiger partial charge in [0.05, 0.1) is 21.6 Å². The summed E-state index contributed by atoms with van der Waals surface area (Å²) >= 11 is 1.37. The summed E-state index contributed by atoms with van der Waals surface area (Å²) in [5.41, 5.74) is 1.96. The van der Waals surface area contributed by atoms with E-state index in [0.29, 0.717) is 34.4 Å². The topological polar surface area (TPSA) is 133 Å². The fourth-order valence-electron chi connectivity index (χ4n) is 3.67. The standard InChI is InChI=1S/C23H26N8O3S/c1-30(2)9-3-8-24-22(33)18-7-6-17(35-18)15-11-19(26-14-4-5-14)31-20(27-15)13(12-25-31)10-16-21(32)29-23(34)28-16/h6-7,10-12,14,26H,3-5,8-9H2,1-2H3,(H,24,33)(H2,28,29,32,34)/b16-10-. The van der Waals surface area contributed by atoms with Gasteiger partial charge in [-0.2, -0.15) is 9.61 Å². The Bertz CT molecular complexity index is 1340. The highest BCUT2D eigenvalue weighted by Gasteiger charge is 2.25. The van der Waals surface area contributed by atoms with Crippen LogP contribution < -0.4 is 21.3 Å². The Balaban J connectivity index is 1.44. The summed E-state index contributed by atoms with van der Waals surface area (Å²) in [4.78, 5) is 44.4. The molecule has 0 aromatic carbocycles. The van der Waals surface area contributed by atoms with Gasteiger partial charge in [-0.05, 0) is 58.1 Å². The van der Waals surface area contributed by atoms with E-state index >= 15 is 0 Å². The first-order chi connectivity index (χ1) is 16.9. The molecule has 4 amide bonds. The highest BCUT2D eigenvalue weighted by molar-refractivity contribution is 7.17. The number of amides is 4. The summed E-state index contributed by atoms with van der Waals surface area (Å²) in [5, 5.41) is 15.6. The molecule has 4 heterocycles. The largest absolute Gasteiger partial charge is 0.367 e. The number of aromatic nitrogens is 3. The first-order valence-electron chi connectivity index (χ1n) is 11.4. The van der Waals surface area contributed by atoms with Crippen molar-refractivity contribution in [3.05, 3.63) is 40.5 Å². The van der Waals surface area contributed by atoms with Gasteiger partial charge in [0.1, 0.15) is 11.5 Å². The number of hydrogen-bond acceptors (Lipinski definition) is 8. The molecular weight excluding hydrogens is 468 g/mol. The molecule has 11 nitrogen and oxygen atoms in total. The molecule has 2 fully saturated rings. The third-order valence-corrected chi connectivity index (χ3v) is 6.70. The Kier molecular flexibility index (Phi) is 6.22. The second kappa shape index (κ2) is 9.47. The molecule has 5 rings (SSSR count). The van der Waals surface area contributed by atoms with Crippen molar-refractivity contribution >= 4 is 46.7 Å². The molecule has 0 radical (unpaired) electrons. The summed E-state index contributed by atoms with van der Waals surface area (Å²) in [6.45, 7) is 1.52. The molecule has 3 aromatic heterocycles. The molecule has 4 N–H and O–H groups in total. The van der Waals surface area contributed by atoms with Crippen LogP contribution in [0.2, 0.25) is 0 Å². The van der Waals surface area contributed by atoms with E-state index in [4.69, 9.17) is 4.98 Å². The molecule has 0 spiro atoms. The molecule has 182 valence electrons. The van der Waals surface area contributed by atoms with Crippen LogP contribution in [-0.2, 0) is 4.79 Å². The van der Waals surface area contributed by atoms with Crippen LogP contribution in [0.1, 0.15) is 34.5 Å². The van der Waals surface area contributed by atoms with Gasteiger partial charge in [-0.3, -0.25) is 14.9 Å². The van der Waals surface area contributed by atoms with Crippen molar-refractivity contribution in [1.29, 1.82) is 0 Å². The number of rotatable bonds is 9. The lowest BCUT2D eigenvalue weighted by molar-refractivity contribution is -0.115. The van der Waals surface area contributed by atoms with Gasteiger partial charge in [0.25, 0.3) is 11.8 Å². The predicted octanol–water partition coefficient (Wildman–Crippen LogP) is 1.89. The number of nitrogens with one attached hydrogen (secondary N) is 4. The van der Waals surface area contributed by atoms with Crippen LogP contribution in [0.15, 0.2) is 30.1 Å². The van der Waals surface area contributed by atoms with Crippen molar-refractivity contribution < 1.29 is 14.4 Å². The van der Waals surface area contributed by atoms with Crippen molar-refractivity contribution in [3.63, 3.8) is 0 Å². The number of imide groups is 1. The molecule has 1 saturated heterocycles. The maximum Gasteiger partial charge on any atom is 0.326 e. The Morgan fingerprint density at radius 3 is 2.83 bits per heavy atom. The van der Waals surface area contributed by atoms with E-state index in [9.17, 15) is 14.4 Å². The van der Waals surface area contributed by atoms with Gasteiger partial charge in [0.2, 0.25) is 0 Å². The van der Waals surface area contributed by atoms with Crippen LogP contribution in [-0.4, -0.2) is 70.6 Å². The number of carbonyl (C=O) groups excluding carboxylic acids is 3. The van der Waals surface area contributed by atoms with Crippen LogP contribution in [0.4, 0.5) is 10.6 Å². The Labute approximate surface area is 205 Å². The normalized spacial score (nSPS) is 16.7. The Morgan fingerprint density at radius 1 is 1.29 bits per heavy atom. The zero-order valence-corrected chi connectivity index (χ0v) is 20.2. The third kappa shape index (κ3) is 5.17. The summed E-state index contributed by atoms with van der Waals surface area (Å²) < 4.78 is 1.69. The van der Waals surface area contributed by atoms with Crippen LogP contribution in [0.3, 0.4) is 0 Å². The van der Waals surface area contributed by atoms with E-state index in [2.05, 4.69) is 31.3 Å². The van der Waals surface area contributed by atoms with Crippen molar-refractivity contribution in [2.75, 3.05) is 32.5 Å². The Hall–Kier alpha value is -3.77. The maximum atomic E-state index is 12.6. The Morgan fingerprint density at radius 2 is 2.11 bits per heavy atom. The minimum atomic E-state index is -0.562. The molecule has 1 saturated carbocycles. The molecular formula is C23H26N8O3S. The van der Waals surface area contributed by atoms with Crippen molar-refractivity contribution in [2.24, 2.45) is 0 Å². The van der Waals surface area contributed by atoms with E-state index < -0.39 is 11.9 Å². The van der Waals surface area contributed by atoms with E-state index in [1.54, 1.807) is 22.9 Å². The number of urea groups is 1. The molecule has 3 aromatic rings. The van der Waals surface area contributed by atoms with Crippen LogP contribution in [0.25, 0.3) is 22.3 Å². The van der Waals surface area contributed by atoms with E-state index in [1.165, 1.54) is 11.3 Å². The number of anilines is 1. The van der Waals surface area contributed by atoms with E-state index in [-0.39, 0.29) is 11.6 Å². The molecule has 1 aliphatic heterocycles. The second-order valence-corrected chi connectivity index (χ2v) is 9.91. The predicted molar refractivity (Wildman–Crippen MR) is 133 cm³/mol. The van der Waals surface area contributed by atoms with Gasteiger partial charge in [-0.1, -0.05) is 0 Å². The van der Waals surface area contributed by atoms with Gasteiger partial charge in [-0.25, -0.2) is 9.78 Å². The SMILES string of the molecule is CN(C)CCCNC(=O)c1ccc(-c2cc(NC3CC3)n3ncc(/C=C4\NC(=O)NC4=O)c3n2)s1. The lowest BCUT2D eigenvalue weighted by Gasteiger charge is -2.10. The minimum Gasteiger partial charge on any atom is -0.367 e. The van der Waals surface area contributed by atoms with Gasteiger partial charge in [0, 0.05) is 24.2 Å². The minimum absolute atomic E-state index is 0.102. The van der Waals surface area contributed by atoms with E-state index in [1.807, 2.05) is 26.2 Å². The van der Waals surface area contributed by atoms with Crippen molar-refractivity contribution in [2.45, 2.75) is 25.3 Å². The quantitative estimate of drug-likeness (QED) is 0.203. The van der Waals surface area contributed by atoms with Crippen LogP contribution >= 0.6 is 11.3 Å². The number of hydrogen-bond donors (Lipinski definition) is 4. The van der Waals surface area contributed by atoms with E-state index in [0.717, 1.165) is 36.5 Å². The summed E-state index contributed by atoms with van der Waals surface area (Å²) in [5.74, 6) is 0.177. The molecule has 35 heavy (non-hydrogen) atoms. The molecule has 0 unspecified atom stereocenters. The summed E-state index contributed by atoms with van der Waals surface area (Å²) in [7, 11) is 4.01. The highest BCUT2D eigenvalue weighted by atomic mass is 32.1. The number of nitrogens with zero attached hydrogens (tertiary/aromatic N) is 4. The third-order valence-electron chi connectivity index (χ3n) is 5.60. The fraction of sp³-hybridized carbons (Fsp3) is 0.348. The van der Waals surface area contributed by atoms with Crippen molar-refractivity contribution in [3.8, 4) is 10.6 Å². The van der Waals surface area contributed by atoms with Gasteiger partial charge >= 0.3 is 6.03 Å². The smallest absolute Gasteiger partial charge is 0.326 e. The van der Waals surface area contributed by atoms with Crippen molar-refractivity contribution in [1.82, 2.24) is 35.4 Å². The molecule has 2 aliphatic rings. The fourth-order valence-corrected chi connectivity index (χ4v) is 4.55. The lowest BCUT2D eigenvalue weighted by Crippen LogP contribution is -2.26. The average Bonchev–Trinajstić information content (AvgIpc) is 3.19. The summed E-state index contributed by atoms with van der Waals surface area (Å²) in [6, 6.07) is 5.43. The monoisotopic (exact) mass is 494 g/mol. The molecule has 1 aliphatic carbocycles. The van der Waals surface area contributed by atoms with Gasteiger partial charge < -0.3 is 20.9 Å². The molecule has 0 atom stereocenters. The number of carbonyl (C=O) groups is 3. The van der Waals surface area contributed by atoms with Crippen LogP contribution in [0.5, 0.6) is 0 Å². The first-order valence-corrected chi connectivity index (χ1v) is 12.2. The van der Waals surface area contributed by atoms with Gasteiger partial charge in [-0.15, -0.1) is 11.3 Å². The van der Waals surface area contributed by atoms with Crippen LogP contribution in [0, 0.1) is 0 Å². The highest BCUT2D eigenvalue weighted by Crippen LogP contribution is 2.32. The average molecular weight is 495 g/mol.